The molecular weight excluding hydrogens is 236 g/mol. The average Bonchev–Trinajstić information content (AvgIpc) is 2.80. The van der Waals surface area contributed by atoms with Gasteiger partial charge in [0, 0.05) is 17.8 Å². The zero-order chi connectivity index (χ0) is 12.4. The lowest BCUT2D eigenvalue weighted by Crippen LogP contribution is -2.09. The van der Waals surface area contributed by atoms with Crippen molar-refractivity contribution in [2.45, 2.75) is 26.5 Å². The molecule has 0 radical (unpaired) electrons. The number of halogens is 1. The van der Waals surface area contributed by atoms with Crippen LogP contribution in [0.5, 0.6) is 0 Å². The molecule has 1 aromatic carbocycles. The maximum Gasteiger partial charge on any atom is 0.121 e. The van der Waals surface area contributed by atoms with Crippen LogP contribution in [-0.4, -0.2) is 14.9 Å². The lowest BCUT2D eigenvalue weighted by atomic mass is 10.0. The van der Waals surface area contributed by atoms with Gasteiger partial charge in [-0.15, -0.1) is 0 Å². The molecule has 1 aromatic heterocycles. The van der Waals surface area contributed by atoms with Gasteiger partial charge in [0.15, 0.2) is 0 Å². The van der Waals surface area contributed by atoms with Gasteiger partial charge in [0.05, 0.1) is 5.69 Å². The average molecular weight is 251 g/mol. The van der Waals surface area contributed by atoms with Gasteiger partial charge in [-0.05, 0) is 37.1 Å². The summed E-state index contributed by atoms with van der Waals surface area (Å²) in [6.07, 6.45) is 1.04. The molecule has 0 bridgehead atoms. The molecule has 0 spiro atoms. The zero-order valence-electron chi connectivity index (χ0n) is 9.89. The molecule has 1 unspecified atom stereocenters. The lowest BCUT2D eigenvalue weighted by molar-refractivity contribution is 0.208. The molecule has 17 heavy (non-hydrogen) atoms. The smallest absolute Gasteiger partial charge is 0.121 e. The second-order valence-electron chi connectivity index (χ2n) is 3.98. The molecule has 0 saturated carbocycles. The topological polar surface area (TPSA) is 38.0 Å². The van der Waals surface area contributed by atoms with Crippen LogP contribution in [0.4, 0.5) is 0 Å². The predicted molar refractivity (Wildman–Crippen MR) is 68.2 cm³/mol. The van der Waals surface area contributed by atoms with Crippen molar-refractivity contribution < 1.29 is 5.11 Å². The lowest BCUT2D eigenvalue weighted by Gasteiger charge is -2.13. The summed E-state index contributed by atoms with van der Waals surface area (Å²) in [5, 5.41) is 15.2. The van der Waals surface area contributed by atoms with E-state index in [1.54, 1.807) is 10.9 Å². The van der Waals surface area contributed by atoms with Crippen molar-refractivity contribution in [3.8, 4) is 0 Å². The van der Waals surface area contributed by atoms with Crippen LogP contribution in [0.25, 0.3) is 0 Å². The van der Waals surface area contributed by atoms with Gasteiger partial charge in [-0.3, -0.25) is 4.68 Å². The minimum atomic E-state index is -0.659. The molecule has 2 rings (SSSR count). The summed E-state index contributed by atoms with van der Waals surface area (Å²) in [5.74, 6) is 0. The van der Waals surface area contributed by atoms with E-state index in [1.807, 2.05) is 38.1 Å². The molecule has 0 aliphatic rings. The van der Waals surface area contributed by atoms with Crippen molar-refractivity contribution in [1.82, 2.24) is 9.78 Å². The summed E-state index contributed by atoms with van der Waals surface area (Å²) in [6, 6.07) is 7.38. The van der Waals surface area contributed by atoms with E-state index >= 15 is 0 Å². The second kappa shape index (κ2) is 4.90. The van der Waals surface area contributed by atoms with Crippen LogP contribution >= 0.6 is 11.6 Å². The van der Waals surface area contributed by atoms with Crippen molar-refractivity contribution in [2.75, 3.05) is 0 Å². The summed E-state index contributed by atoms with van der Waals surface area (Å²) in [6.45, 7) is 4.66. The van der Waals surface area contributed by atoms with Crippen molar-refractivity contribution in [1.29, 1.82) is 0 Å². The molecule has 0 fully saturated rings. The second-order valence-corrected chi connectivity index (χ2v) is 4.39. The summed E-state index contributed by atoms with van der Waals surface area (Å²) in [4.78, 5) is 0. The molecule has 0 aliphatic heterocycles. The molecule has 1 N–H and O–H groups in total. The number of rotatable bonds is 3. The van der Waals surface area contributed by atoms with E-state index in [1.165, 1.54) is 0 Å². The van der Waals surface area contributed by atoms with Gasteiger partial charge in [0.25, 0.3) is 0 Å². The molecule has 4 heteroatoms. The third-order valence-corrected chi connectivity index (χ3v) is 3.25. The largest absolute Gasteiger partial charge is 0.382 e. The summed E-state index contributed by atoms with van der Waals surface area (Å²) in [5.41, 5.74) is 2.60. The fraction of sp³-hybridized carbons (Fsp3) is 0.308. The first kappa shape index (κ1) is 12.1. The number of benzene rings is 1. The van der Waals surface area contributed by atoms with Gasteiger partial charge in [-0.1, -0.05) is 23.7 Å². The number of aliphatic hydroxyl groups is 1. The van der Waals surface area contributed by atoms with Crippen LogP contribution in [0.15, 0.2) is 30.5 Å². The Balaban J connectivity index is 2.36. The van der Waals surface area contributed by atoms with Gasteiger partial charge in [0.2, 0.25) is 0 Å². The summed E-state index contributed by atoms with van der Waals surface area (Å²) >= 11 is 5.97. The van der Waals surface area contributed by atoms with E-state index in [4.69, 9.17) is 11.6 Å². The highest BCUT2D eigenvalue weighted by Crippen LogP contribution is 2.25. The van der Waals surface area contributed by atoms with Crippen LogP contribution in [0.3, 0.4) is 0 Å². The van der Waals surface area contributed by atoms with Crippen LogP contribution in [-0.2, 0) is 6.54 Å². The Kier molecular flexibility index (Phi) is 3.50. The quantitative estimate of drug-likeness (QED) is 0.910. The van der Waals surface area contributed by atoms with Crippen LogP contribution < -0.4 is 0 Å². The van der Waals surface area contributed by atoms with Crippen LogP contribution in [0.1, 0.15) is 29.8 Å². The molecule has 1 heterocycles. The Hall–Kier alpha value is -1.32. The predicted octanol–water partition coefficient (Wildman–Crippen LogP) is 2.95. The SMILES string of the molecule is CCn1nccc1C(O)c1ccc(Cl)c(C)c1. The molecular formula is C13H15ClN2O. The van der Waals surface area contributed by atoms with Crippen molar-refractivity contribution in [3.05, 3.63) is 52.3 Å². The molecule has 90 valence electrons. The fourth-order valence-electron chi connectivity index (χ4n) is 1.85. The first-order valence-electron chi connectivity index (χ1n) is 5.59. The van der Waals surface area contributed by atoms with Crippen molar-refractivity contribution in [2.24, 2.45) is 0 Å². The van der Waals surface area contributed by atoms with Gasteiger partial charge in [-0.25, -0.2) is 0 Å². The fourth-order valence-corrected chi connectivity index (χ4v) is 1.97. The summed E-state index contributed by atoms with van der Waals surface area (Å²) < 4.78 is 1.79. The normalized spacial score (nSPS) is 12.7. The van der Waals surface area contributed by atoms with Crippen molar-refractivity contribution in [3.63, 3.8) is 0 Å². The van der Waals surface area contributed by atoms with E-state index in [9.17, 15) is 5.11 Å². The maximum absolute atomic E-state index is 10.3. The van der Waals surface area contributed by atoms with Gasteiger partial charge in [-0.2, -0.15) is 5.10 Å². The molecule has 2 aromatic rings. The number of aryl methyl sites for hydroxylation is 2. The van der Waals surface area contributed by atoms with Crippen molar-refractivity contribution >= 4 is 11.6 Å². The third kappa shape index (κ3) is 2.35. The van der Waals surface area contributed by atoms with Crippen LogP contribution in [0, 0.1) is 6.92 Å². The minimum absolute atomic E-state index is 0.659. The van der Waals surface area contributed by atoms with E-state index in [0.717, 1.165) is 23.4 Å². The molecule has 0 aliphatic carbocycles. The number of nitrogens with zero attached hydrogens (tertiary/aromatic N) is 2. The molecule has 0 amide bonds. The Morgan fingerprint density at radius 1 is 1.41 bits per heavy atom. The Morgan fingerprint density at radius 2 is 2.18 bits per heavy atom. The Bertz CT molecular complexity index is 522. The maximum atomic E-state index is 10.3. The zero-order valence-corrected chi connectivity index (χ0v) is 10.6. The van der Waals surface area contributed by atoms with E-state index in [-0.39, 0.29) is 0 Å². The number of hydrogen-bond donors (Lipinski definition) is 1. The first-order valence-corrected chi connectivity index (χ1v) is 5.97. The third-order valence-electron chi connectivity index (χ3n) is 2.83. The van der Waals surface area contributed by atoms with E-state index in [0.29, 0.717) is 5.02 Å². The molecule has 1 atom stereocenters. The van der Waals surface area contributed by atoms with Gasteiger partial charge >= 0.3 is 0 Å². The van der Waals surface area contributed by atoms with Gasteiger partial charge < -0.3 is 5.11 Å². The Labute approximate surface area is 106 Å². The monoisotopic (exact) mass is 250 g/mol. The Morgan fingerprint density at radius 3 is 2.82 bits per heavy atom. The van der Waals surface area contributed by atoms with Gasteiger partial charge in [0.1, 0.15) is 6.10 Å². The highest BCUT2D eigenvalue weighted by Gasteiger charge is 2.15. The number of hydrogen-bond acceptors (Lipinski definition) is 2. The first-order chi connectivity index (χ1) is 8.13. The molecule has 0 saturated heterocycles. The van der Waals surface area contributed by atoms with E-state index in [2.05, 4.69) is 5.10 Å². The highest BCUT2D eigenvalue weighted by molar-refractivity contribution is 6.31. The number of aromatic nitrogens is 2. The standard InChI is InChI=1S/C13H15ClN2O/c1-3-16-12(6-7-15-16)13(17)10-4-5-11(14)9(2)8-10/h4-8,13,17H,3H2,1-2H3. The number of aliphatic hydroxyl groups excluding tert-OH is 1. The summed E-state index contributed by atoms with van der Waals surface area (Å²) in [7, 11) is 0. The van der Waals surface area contributed by atoms with Crippen LogP contribution in [0.2, 0.25) is 5.02 Å². The highest BCUT2D eigenvalue weighted by atomic mass is 35.5. The van der Waals surface area contributed by atoms with E-state index < -0.39 is 6.10 Å². The molecule has 3 nitrogen and oxygen atoms in total. The minimum Gasteiger partial charge on any atom is -0.382 e.